The Labute approximate surface area is 66.4 Å². The van der Waals surface area contributed by atoms with Gasteiger partial charge in [-0.3, -0.25) is 0 Å². The Hall–Kier alpha value is -1.00. The van der Waals surface area contributed by atoms with Crippen molar-refractivity contribution >= 4 is 0 Å². The SMILES string of the molecule is CC(C)N(C(C)C)/[N+]([O-])=N/O. The maximum absolute atomic E-state index is 10.8. The summed E-state index contributed by atoms with van der Waals surface area (Å²) in [6.45, 7) is 7.43. The van der Waals surface area contributed by atoms with E-state index < -0.39 is 0 Å². The molecule has 0 aliphatic carbocycles. The number of nitrogens with zero attached hydrogens (tertiary/aromatic N) is 3. The van der Waals surface area contributed by atoms with Gasteiger partial charge in [0, 0.05) is 0 Å². The zero-order valence-corrected chi connectivity index (χ0v) is 7.35. The minimum atomic E-state index is 0.0309. The summed E-state index contributed by atoms with van der Waals surface area (Å²) in [6.07, 6.45) is 0. The fourth-order valence-electron chi connectivity index (χ4n) is 1.04. The van der Waals surface area contributed by atoms with Crippen molar-refractivity contribution in [2.45, 2.75) is 39.8 Å². The van der Waals surface area contributed by atoms with Crippen molar-refractivity contribution in [2.24, 2.45) is 5.28 Å². The quantitative estimate of drug-likeness (QED) is 0.386. The average molecular weight is 161 g/mol. The molecule has 0 aliphatic rings. The summed E-state index contributed by atoms with van der Waals surface area (Å²) in [6, 6.07) is 0.0619. The number of rotatable bonds is 3. The lowest BCUT2D eigenvalue weighted by Gasteiger charge is -2.24. The van der Waals surface area contributed by atoms with Crippen LogP contribution in [0.25, 0.3) is 0 Å². The molecular formula is C6H15N3O2. The van der Waals surface area contributed by atoms with E-state index in [1.54, 1.807) is 0 Å². The van der Waals surface area contributed by atoms with Crippen molar-refractivity contribution in [1.82, 2.24) is 5.01 Å². The van der Waals surface area contributed by atoms with Crippen molar-refractivity contribution in [2.75, 3.05) is 0 Å². The second-order valence-corrected chi connectivity index (χ2v) is 2.91. The van der Waals surface area contributed by atoms with E-state index >= 15 is 0 Å². The van der Waals surface area contributed by atoms with Gasteiger partial charge in [-0.1, -0.05) is 0 Å². The van der Waals surface area contributed by atoms with Crippen LogP contribution in [0.4, 0.5) is 0 Å². The molecule has 0 rings (SSSR count). The molecule has 66 valence electrons. The van der Waals surface area contributed by atoms with E-state index in [4.69, 9.17) is 5.21 Å². The third-order valence-corrected chi connectivity index (χ3v) is 1.33. The van der Waals surface area contributed by atoms with Gasteiger partial charge in [0.2, 0.25) is 5.28 Å². The van der Waals surface area contributed by atoms with E-state index in [1.165, 1.54) is 5.01 Å². The molecule has 0 bridgehead atoms. The van der Waals surface area contributed by atoms with Gasteiger partial charge in [-0.15, -0.1) is 5.01 Å². The van der Waals surface area contributed by atoms with Gasteiger partial charge in [0.1, 0.15) is 0 Å². The van der Waals surface area contributed by atoms with E-state index in [1.807, 2.05) is 27.7 Å². The number of hydrogen-bond acceptors (Lipinski definition) is 2. The molecule has 5 nitrogen and oxygen atoms in total. The van der Waals surface area contributed by atoms with Crippen LogP contribution in [0.15, 0.2) is 5.28 Å². The van der Waals surface area contributed by atoms with Crippen molar-refractivity contribution < 1.29 is 10.2 Å². The molecule has 1 N–H and O–H groups in total. The van der Waals surface area contributed by atoms with Crippen LogP contribution in [0.3, 0.4) is 0 Å². The molecule has 0 fully saturated rings. The zero-order chi connectivity index (χ0) is 9.02. The first-order valence-electron chi connectivity index (χ1n) is 3.61. The summed E-state index contributed by atoms with van der Waals surface area (Å²) >= 11 is 0. The Bertz CT molecular complexity index is 137. The zero-order valence-electron chi connectivity index (χ0n) is 7.35. The minimum Gasteiger partial charge on any atom is -0.569 e. The van der Waals surface area contributed by atoms with Gasteiger partial charge < -0.3 is 10.4 Å². The highest BCUT2D eigenvalue weighted by Crippen LogP contribution is 2.04. The van der Waals surface area contributed by atoms with Gasteiger partial charge in [0.05, 0.1) is 17.1 Å². The first kappa shape index (κ1) is 10.0. The number of hydrazine groups is 1. The molecular weight excluding hydrogens is 146 g/mol. The van der Waals surface area contributed by atoms with Crippen LogP contribution in [0.5, 0.6) is 0 Å². The third kappa shape index (κ3) is 2.61. The highest BCUT2D eigenvalue weighted by molar-refractivity contribution is 4.55. The molecule has 0 saturated heterocycles. The fraction of sp³-hybridized carbons (Fsp3) is 1.00. The van der Waals surface area contributed by atoms with E-state index in [0.29, 0.717) is 0 Å². The molecule has 0 radical (unpaired) electrons. The van der Waals surface area contributed by atoms with E-state index in [-0.39, 0.29) is 17.1 Å². The molecule has 0 aliphatic heterocycles. The topological polar surface area (TPSA) is 61.9 Å². The molecule has 0 amide bonds. The summed E-state index contributed by atoms with van der Waals surface area (Å²) in [5, 5.41) is 23.0. The van der Waals surface area contributed by atoms with Crippen LogP contribution in [0, 0.1) is 5.21 Å². The Balaban J connectivity index is 4.35. The van der Waals surface area contributed by atoms with Crippen LogP contribution in [-0.2, 0) is 0 Å². The smallest absolute Gasteiger partial charge is 0.230 e. The molecule has 0 spiro atoms. The summed E-state index contributed by atoms with van der Waals surface area (Å²) in [7, 11) is 0. The predicted molar refractivity (Wildman–Crippen MR) is 40.0 cm³/mol. The molecule has 11 heavy (non-hydrogen) atoms. The highest BCUT2D eigenvalue weighted by Gasteiger charge is 2.20. The number of hydrogen-bond donors (Lipinski definition) is 1. The lowest BCUT2D eigenvalue weighted by Crippen LogP contribution is -2.41. The molecule has 0 aromatic heterocycles. The van der Waals surface area contributed by atoms with Gasteiger partial charge in [0.25, 0.3) is 0 Å². The fourth-order valence-corrected chi connectivity index (χ4v) is 1.04. The Morgan fingerprint density at radius 1 is 1.27 bits per heavy atom. The Morgan fingerprint density at radius 3 is 1.73 bits per heavy atom. The third-order valence-electron chi connectivity index (χ3n) is 1.33. The first-order valence-corrected chi connectivity index (χ1v) is 3.61. The lowest BCUT2D eigenvalue weighted by molar-refractivity contribution is -0.722. The standard InChI is InChI=1S/C6H15N3O2/c1-5(2)8(6(3)4)9(11)7-10/h5-6,10H,1-4H3/b9-7-. The summed E-state index contributed by atoms with van der Waals surface area (Å²) in [5.41, 5.74) is 0. The monoisotopic (exact) mass is 161 g/mol. The van der Waals surface area contributed by atoms with Crippen LogP contribution in [0.2, 0.25) is 0 Å². The van der Waals surface area contributed by atoms with Gasteiger partial charge in [0.15, 0.2) is 0 Å². The summed E-state index contributed by atoms with van der Waals surface area (Å²) in [4.78, 5) is 0.204. The molecule has 0 atom stereocenters. The van der Waals surface area contributed by atoms with Gasteiger partial charge in [-0.25, -0.2) is 0 Å². The van der Waals surface area contributed by atoms with Crippen molar-refractivity contribution in [3.05, 3.63) is 5.21 Å². The van der Waals surface area contributed by atoms with E-state index in [0.717, 1.165) is 0 Å². The normalized spacial score (nSPS) is 12.7. The van der Waals surface area contributed by atoms with Crippen LogP contribution >= 0.6 is 0 Å². The molecule has 0 unspecified atom stereocenters. The van der Waals surface area contributed by atoms with Gasteiger partial charge in [-0.2, -0.15) is 0 Å². The van der Waals surface area contributed by atoms with E-state index in [2.05, 4.69) is 5.28 Å². The lowest BCUT2D eigenvalue weighted by atomic mass is 10.3. The maximum Gasteiger partial charge on any atom is 0.230 e. The molecule has 5 heteroatoms. The highest BCUT2D eigenvalue weighted by atomic mass is 16.6. The molecule has 0 saturated carbocycles. The van der Waals surface area contributed by atoms with Gasteiger partial charge >= 0.3 is 0 Å². The van der Waals surface area contributed by atoms with Crippen molar-refractivity contribution in [3.8, 4) is 0 Å². The molecule has 0 aromatic rings. The minimum absolute atomic E-state index is 0.0309. The average Bonchev–Trinajstić information content (AvgIpc) is 1.85. The predicted octanol–water partition coefficient (Wildman–Crippen LogP) is 1.37. The first-order chi connectivity index (χ1) is 5.00. The van der Waals surface area contributed by atoms with Crippen molar-refractivity contribution in [3.63, 3.8) is 0 Å². The van der Waals surface area contributed by atoms with Crippen molar-refractivity contribution in [1.29, 1.82) is 0 Å². The molecule has 0 heterocycles. The van der Waals surface area contributed by atoms with Crippen LogP contribution < -0.4 is 0 Å². The van der Waals surface area contributed by atoms with Gasteiger partial charge in [-0.05, 0) is 27.7 Å². The Morgan fingerprint density at radius 2 is 1.64 bits per heavy atom. The summed E-state index contributed by atoms with van der Waals surface area (Å²) in [5.74, 6) is 0. The second kappa shape index (κ2) is 4.00. The summed E-state index contributed by atoms with van der Waals surface area (Å²) < 4.78 is 0. The largest absolute Gasteiger partial charge is 0.569 e. The maximum atomic E-state index is 10.8. The van der Waals surface area contributed by atoms with E-state index in [9.17, 15) is 5.21 Å². The van der Waals surface area contributed by atoms with Crippen LogP contribution in [0.1, 0.15) is 27.7 Å². The van der Waals surface area contributed by atoms with Crippen LogP contribution in [-0.4, -0.2) is 27.3 Å². The Kier molecular flexibility index (Phi) is 3.64. The second-order valence-electron chi connectivity index (χ2n) is 2.91. The molecule has 0 aromatic carbocycles.